The average molecular weight is 435 g/mol. The van der Waals surface area contributed by atoms with E-state index in [9.17, 15) is 0 Å². The number of benzene rings is 2. The first-order valence-corrected chi connectivity index (χ1v) is 13.7. The van der Waals surface area contributed by atoms with Gasteiger partial charge in [-0.05, 0) is 37.1 Å². The van der Waals surface area contributed by atoms with Gasteiger partial charge < -0.3 is 0 Å². The van der Waals surface area contributed by atoms with Crippen molar-refractivity contribution in [3.05, 3.63) is 42.0 Å². The van der Waals surface area contributed by atoms with Crippen LogP contribution < -0.4 is 0 Å². The van der Waals surface area contributed by atoms with Crippen molar-refractivity contribution in [2.24, 2.45) is 0 Å². The van der Waals surface area contributed by atoms with Gasteiger partial charge in [0.05, 0.1) is 5.41 Å². The molecule has 3 rings (SSSR count). The first kappa shape index (κ1) is 25.0. The van der Waals surface area contributed by atoms with Crippen LogP contribution in [0, 0.1) is 0 Å². The van der Waals surface area contributed by atoms with Gasteiger partial charge in [-0.1, -0.05) is 108 Å². The number of fused-ring (bicyclic) bond motifs is 3. The van der Waals surface area contributed by atoms with E-state index in [1.54, 1.807) is 0 Å². The highest BCUT2D eigenvalue weighted by atomic mass is 15.1. The predicted octanol–water partition coefficient (Wildman–Crippen LogP) is 9.72. The number of unbranched alkanes of at least 4 members (excludes halogenated alkanes) is 13. The lowest BCUT2D eigenvalue weighted by Crippen LogP contribution is -2.26. The lowest BCUT2D eigenvalue weighted by molar-refractivity contribution is -0.439. The molecule has 0 atom stereocenters. The van der Waals surface area contributed by atoms with Crippen molar-refractivity contribution in [3.63, 3.8) is 0 Å². The van der Waals surface area contributed by atoms with Crippen LogP contribution >= 0.6 is 0 Å². The van der Waals surface area contributed by atoms with Crippen molar-refractivity contribution < 1.29 is 4.58 Å². The van der Waals surface area contributed by atoms with Crippen molar-refractivity contribution in [1.29, 1.82) is 0 Å². The summed E-state index contributed by atoms with van der Waals surface area (Å²) < 4.78 is 2.61. The molecule has 0 amide bonds. The molecule has 1 heterocycles. The molecule has 1 aliphatic rings. The molecule has 176 valence electrons. The summed E-state index contributed by atoms with van der Waals surface area (Å²) >= 11 is 0. The van der Waals surface area contributed by atoms with Crippen LogP contribution in [0.5, 0.6) is 0 Å². The van der Waals surface area contributed by atoms with Gasteiger partial charge in [-0.2, -0.15) is 4.58 Å². The minimum Gasteiger partial charge on any atom is -0.199 e. The SMILES string of the molecule is CCCCCCCCCCCCCCCC[N+]1=C(C)C(C)(C)c2c1ccc1ccccc21. The fraction of sp³-hybridized carbons (Fsp3) is 0.645. The van der Waals surface area contributed by atoms with Gasteiger partial charge in [0, 0.05) is 25.0 Å². The van der Waals surface area contributed by atoms with Crippen LogP contribution in [0.1, 0.15) is 123 Å². The van der Waals surface area contributed by atoms with E-state index >= 15 is 0 Å². The first-order valence-electron chi connectivity index (χ1n) is 13.7. The zero-order valence-electron chi connectivity index (χ0n) is 21.5. The molecule has 0 radical (unpaired) electrons. The Morgan fingerprint density at radius 1 is 0.656 bits per heavy atom. The zero-order valence-corrected chi connectivity index (χ0v) is 21.5. The second-order valence-corrected chi connectivity index (χ2v) is 10.6. The maximum atomic E-state index is 2.61. The van der Waals surface area contributed by atoms with Crippen molar-refractivity contribution in [3.8, 4) is 0 Å². The van der Waals surface area contributed by atoms with E-state index in [4.69, 9.17) is 0 Å². The Labute approximate surface area is 198 Å². The maximum Gasteiger partial charge on any atom is 0.210 e. The lowest BCUT2D eigenvalue weighted by atomic mass is 9.80. The second kappa shape index (κ2) is 12.6. The summed E-state index contributed by atoms with van der Waals surface area (Å²) in [5, 5.41) is 2.79. The van der Waals surface area contributed by atoms with Crippen LogP contribution in [0.15, 0.2) is 36.4 Å². The monoisotopic (exact) mass is 434 g/mol. The molecule has 0 saturated carbocycles. The Bertz CT molecular complexity index is 873. The van der Waals surface area contributed by atoms with Crippen molar-refractivity contribution in [2.75, 3.05) is 6.54 Å². The smallest absolute Gasteiger partial charge is 0.199 e. The third-order valence-electron chi connectivity index (χ3n) is 7.87. The highest BCUT2D eigenvalue weighted by Crippen LogP contribution is 2.43. The topological polar surface area (TPSA) is 3.01 Å². The minimum atomic E-state index is 0.117. The van der Waals surface area contributed by atoms with Crippen LogP contribution in [-0.2, 0) is 5.41 Å². The van der Waals surface area contributed by atoms with Gasteiger partial charge in [-0.25, -0.2) is 0 Å². The van der Waals surface area contributed by atoms with Gasteiger partial charge in [-0.15, -0.1) is 0 Å². The molecule has 0 aromatic heterocycles. The second-order valence-electron chi connectivity index (χ2n) is 10.6. The zero-order chi connectivity index (χ0) is 22.8. The molecule has 2 aromatic carbocycles. The quantitative estimate of drug-likeness (QED) is 0.194. The standard InChI is InChI=1S/C31H48N/c1-5-6-7-8-9-10-11-12-13-14-15-16-17-20-25-32-26(2)31(3,4)30-28-22-19-18-21-27(28)23-24-29(30)32/h18-19,21-24H,5-17,20,25H2,1-4H3/q+1. The largest absolute Gasteiger partial charge is 0.210 e. The van der Waals surface area contributed by atoms with Crippen LogP contribution in [0.4, 0.5) is 5.69 Å². The fourth-order valence-electron chi connectivity index (χ4n) is 5.59. The van der Waals surface area contributed by atoms with Gasteiger partial charge >= 0.3 is 0 Å². The lowest BCUT2D eigenvalue weighted by Gasteiger charge is -2.17. The van der Waals surface area contributed by atoms with Gasteiger partial charge in [0.1, 0.15) is 6.54 Å². The predicted molar refractivity (Wildman–Crippen MR) is 143 cm³/mol. The summed E-state index contributed by atoms with van der Waals surface area (Å²) in [4.78, 5) is 0. The van der Waals surface area contributed by atoms with E-state index < -0.39 is 0 Å². The normalized spacial score (nSPS) is 15.0. The molecule has 1 nitrogen and oxygen atoms in total. The molecule has 0 bridgehead atoms. The van der Waals surface area contributed by atoms with Crippen LogP contribution in [0.2, 0.25) is 0 Å². The molecular formula is C31H48N+. The molecular weight excluding hydrogens is 386 g/mol. The molecule has 0 fully saturated rings. The van der Waals surface area contributed by atoms with Crippen LogP contribution in [0.3, 0.4) is 0 Å². The summed E-state index contributed by atoms with van der Waals surface area (Å²) in [6, 6.07) is 13.6. The Morgan fingerprint density at radius 3 is 1.78 bits per heavy atom. The Hall–Kier alpha value is -1.63. The van der Waals surface area contributed by atoms with Gasteiger partial charge in [0.25, 0.3) is 0 Å². The van der Waals surface area contributed by atoms with E-state index in [1.807, 2.05) is 0 Å². The summed E-state index contributed by atoms with van der Waals surface area (Å²) in [7, 11) is 0. The third-order valence-corrected chi connectivity index (χ3v) is 7.87. The first-order chi connectivity index (χ1) is 15.6. The number of nitrogens with zero attached hydrogens (tertiary/aromatic N) is 1. The number of hydrogen-bond donors (Lipinski definition) is 0. The average Bonchev–Trinajstić information content (AvgIpc) is 2.99. The van der Waals surface area contributed by atoms with Gasteiger partial charge in [0.2, 0.25) is 5.69 Å². The Balaban J connectivity index is 1.35. The number of rotatable bonds is 15. The molecule has 0 unspecified atom stereocenters. The van der Waals surface area contributed by atoms with Gasteiger partial charge in [-0.3, -0.25) is 0 Å². The highest BCUT2D eigenvalue weighted by Gasteiger charge is 2.43. The summed E-state index contributed by atoms with van der Waals surface area (Å²) in [6.07, 6.45) is 19.9. The minimum absolute atomic E-state index is 0.117. The third kappa shape index (κ3) is 6.24. The summed E-state index contributed by atoms with van der Waals surface area (Å²) in [5.41, 5.74) is 4.60. The summed E-state index contributed by atoms with van der Waals surface area (Å²) in [6.45, 7) is 10.6. The molecule has 0 saturated heterocycles. The van der Waals surface area contributed by atoms with Crippen molar-refractivity contribution in [1.82, 2.24) is 0 Å². The van der Waals surface area contributed by atoms with E-state index in [0.717, 1.165) is 0 Å². The van der Waals surface area contributed by atoms with E-state index in [1.165, 1.54) is 124 Å². The molecule has 0 aliphatic carbocycles. The van der Waals surface area contributed by atoms with E-state index in [0.29, 0.717) is 0 Å². The Morgan fingerprint density at radius 2 is 1.19 bits per heavy atom. The maximum absolute atomic E-state index is 2.61. The molecule has 1 heteroatoms. The van der Waals surface area contributed by atoms with E-state index in [-0.39, 0.29) is 5.41 Å². The van der Waals surface area contributed by atoms with Crippen molar-refractivity contribution in [2.45, 2.75) is 123 Å². The van der Waals surface area contributed by atoms with Crippen LogP contribution in [0.25, 0.3) is 10.8 Å². The highest BCUT2D eigenvalue weighted by molar-refractivity contribution is 6.01. The molecule has 0 spiro atoms. The Kier molecular flexibility index (Phi) is 9.82. The molecule has 1 aliphatic heterocycles. The summed E-state index contributed by atoms with van der Waals surface area (Å²) in [5.74, 6) is 0. The molecule has 2 aromatic rings. The van der Waals surface area contributed by atoms with E-state index in [2.05, 4.69) is 68.7 Å². The molecule has 32 heavy (non-hydrogen) atoms. The fourth-order valence-corrected chi connectivity index (χ4v) is 5.59. The number of hydrogen-bond acceptors (Lipinski definition) is 0. The van der Waals surface area contributed by atoms with Crippen molar-refractivity contribution >= 4 is 22.2 Å². The van der Waals surface area contributed by atoms with Crippen LogP contribution in [-0.4, -0.2) is 16.8 Å². The van der Waals surface area contributed by atoms with Gasteiger partial charge in [0.15, 0.2) is 5.71 Å². The molecule has 0 N–H and O–H groups in total.